The molecule has 0 saturated carbocycles. The first kappa shape index (κ1) is 29.1. The molecule has 0 amide bonds. The van der Waals surface area contributed by atoms with E-state index in [1.165, 1.54) is 58.1 Å². The van der Waals surface area contributed by atoms with Crippen molar-refractivity contribution in [3.8, 4) is 39.9 Å². The van der Waals surface area contributed by atoms with E-state index in [2.05, 4.69) is 138 Å². The van der Waals surface area contributed by atoms with Crippen LogP contribution in [0.2, 0.25) is 0 Å². The van der Waals surface area contributed by atoms with Crippen molar-refractivity contribution >= 4 is 74.9 Å². The zero-order chi connectivity index (χ0) is 34.2. The highest BCUT2D eigenvalue weighted by Gasteiger charge is 2.20. The van der Waals surface area contributed by atoms with Gasteiger partial charge in [0, 0.05) is 58.4 Å². The number of nitrogens with zero attached hydrogens (tertiary/aromatic N) is 4. The highest BCUT2D eigenvalue weighted by atomic mass is 32.1. The number of aromatic nitrogens is 4. The average Bonchev–Trinajstić information content (AvgIpc) is 3.75. The Balaban J connectivity index is 1.25. The van der Waals surface area contributed by atoms with Crippen LogP contribution in [0, 0.1) is 0 Å². The molecule has 52 heavy (non-hydrogen) atoms. The second kappa shape index (κ2) is 11.4. The molecule has 4 nitrogen and oxygen atoms in total. The fourth-order valence-electron chi connectivity index (χ4n) is 7.75. The highest BCUT2D eigenvalue weighted by molar-refractivity contribution is 7.26. The number of benzene rings is 8. The minimum atomic E-state index is 0.644. The lowest BCUT2D eigenvalue weighted by molar-refractivity contribution is 1.07. The van der Waals surface area contributed by atoms with Crippen molar-refractivity contribution < 1.29 is 0 Å². The van der Waals surface area contributed by atoms with Crippen molar-refractivity contribution in [3.05, 3.63) is 170 Å². The molecule has 11 rings (SSSR count). The minimum Gasteiger partial charge on any atom is -0.309 e. The summed E-state index contributed by atoms with van der Waals surface area (Å²) in [6.45, 7) is 0. The highest BCUT2D eigenvalue weighted by Crippen LogP contribution is 2.44. The van der Waals surface area contributed by atoms with Crippen molar-refractivity contribution in [3.63, 3.8) is 0 Å². The Hall–Kier alpha value is -6.69. The van der Waals surface area contributed by atoms with Crippen LogP contribution in [0.15, 0.2) is 170 Å². The van der Waals surface area contributed by atoms with Gasteiger partial charge in [0.2, 0.25) is 0 Å². The molecule has 5 heteroatoms. The van der Waals surface area contributed by atoms with Crippen LogP contribution in [0.1, 0.15) is 0 Å². The van der Waals surface area contributed by atoms with Crippen LogP contribution in [-0.2, 0) is 0 Å². The lowest BCUT2D eigenvalue weighted by Crippen LogP contribution is -2.00. The second-order valence-electron chi connectivity index (χ2n) is 13.2. The SMILES string of the molecule is c1ccc(-c2nc(-c3ccccc3)nc(-c3ccc4c(c3)c(-n3c5ccccc5c5cc6ccccc6cc53)cc3c5ccccc5sc43)n2)cc1. The molecule has 0 bridgehead atoms. The first-order chi connectivity index (χ1) is 25.8. The van der Waals surface area contributed by atoms with Gasteiger partial charge in [-0.2, -0.15) is 0 Å². The lowest BCUT2D eigenvalue weighted by atomic mass is 10.0. The summed E-state index contributed by atoms with van der Waals surface area (Å²) in [4.78, 5) is 15.2. The van der Waals surface area contributed by atoms with E-state index in [1.807, 2.05) is 47.7 Å². The summed E-state index contributed by atoms with van der Waals surface area (Å²) in [7, 11) is 0. The maximum atomic E-state index is 5.10. The molecule has 0 N–H and O–H groups in total. The summed E-state index contributed by atoms with van der Waals surface area (Å²) in [6, 6.07) is 60.3. The molecular weight excluding hydrogens is 653 g/mol. The molecule has 0 unspecified atom stereocenters. The fraction of sp³-hybridized carbons (Fsp3) is 0. The summed E-state index contributed by atoms with van der Waals surface area (Å²) in [5.74, 6) is 1.95. The number of thiophene rings is 1. The first-order valence-corrected chi connectivity index (χ1v) is 18.3. The van der Waals surface area contributed by atoms with Gasteiger partial charge in [0.1, 0.15) is 0 Å². The van der Waals surface area contributed by atoms with E-state index in [0.717, 1.165) is 27.8 Å². The van der Waals surface area contributed by atoms with Crippen LogP contribution in [0.3, 0.4) is 0 Å². The molecule has 242 valence electrons. The molecule has 8 aromatic carbocycles. The molecule has 0 aliphatic heterocycles. The van der Waals surface area contributed by atoms with E-state index in [1.54, 1.807) is 0 Å². The Kier molecular flexibility index (Phi) is 6.39. The van der Waals surface area contributed by atoms with E-state index in [9.17, 15) is 0 Å². The van der Waals surface area contributed by atoms with Crippen LogP contribution in [-0.4, -0.2) is 19.5 Å². The van der Waals surface area contributed by atoms with Gasteiger partial charge in [-0.3, -0.25) is 0 Å². The average molecular weight is 681 g/mol. The molecule has 3 aromatic heterocycles. The Labute approximate surface area is 302 Å². The normalized spacial score (nSPS) is 11.8. The Morgan fingerprint density at radius 1 is 0.365 bits per heavy atom. The van der Waals surface area contributed by atoms with Gasteiger partial charge in [0.15, 0.2) is 17.5 Å². The molecule has 0 saturated heterocycles. The van der Waals surface area contributed by atoms with Crippen molar-refractivity contribution in [2.75, 3.05) is 0 Å². The van der Waals surface area contributed by atoms with Gasteiger partial charge in [0.25, 0.3) is 0 Å². The van der Waals surface area contributed by atoms with Gasteiger partial charge >= 0.3 is 0 Å². The first-order valence-electron chi connectivity index (χ1n) is 17.4. The lowest BCUT2D eigenvalue weighted by Gasteiger charge is -2.15. The van der Waals surface area contributed by atoms with Crippen molar-refractivity contribution in [2.45, 2.75) is 0 Å². The summed E-state index contributed by atoms with van der Waals surface area (Å²) < 4.78 is 5.03. The van der Waals surface area contributed by atoms with Crippen molar-refractivity contribution in [1.29, 1.82) is 0 Å². The van der Waals surface area contributed by atoms with E-state index < -0.39 is 0 Å². The molecule has 0 aliphatic carbocycles. The summed E-state index contributed by atoms with van der Waals surface area (Å²) >= 11 is 1.86. The number of fused-ring (bicyclic) bond motifs is 9. The molecule has 0 atom stereocenters. The zero-order valence-corrected chi connectivity index (χ0v) is 28.7. The van der Waals surface area contributed by atoms with Gasteiger partial charge in [-0.15, -0.1) is 11.3 Å². The monoisotopic (exact) mass is 680 g/mol. The Morgan fingerprint density at radius 2 is 0.962 bits per heavy atom. The Morgan fingerprint density at radius 3 is 1.69 bits per heavy atom. The smallest absolute Gasteiger partial charge is 0.164 e. The summed E-state index contributed by atoms with van der Waals surface area (Å²) in [6.07, 6.45) is 0. The van der Waals surface area contributed by atoms with Crippen LogP contribution in [0.5, 0.6) is 0 Å². The van der Waals surface area contributed by atoms with Gasteiger partial charge in [-0.25, -0.2) is 15.0 Å². The number of hydrogen-bond donors (Lipinski definition) is 0. The van der Waals surface area contributed by atoms with Crippen LogP contribution in [0.4, 0.5) is 0 Å². The topological polar surface area (TPSA) is 43.6 Å². The minimum absolute atomic E-state index is 0.644. The molecule has 0 spiro atoms. The van der Waals surface area contributed by atoms with E-state index in [4.69, 9.17) is 15.0 Å². The third kappa shape index (κ3) is 4.50. The Bertz CT molecular complexity index is 3120. The van der Waals surface area contributed by atoms with E-state index >= 15 is 0 Å². The maximum Gasteiger partial charge on any atom is 0.164 e. The molecule has 3 heterocycles. The summed E-state index contributed by atoms with van der Waals surface area (Å²) in [5.41, 5.74) is 6.34. The molecule has 0 aliphatic rings. The van der Waals surface area contributed by atoms with Crippen molar-refractivity contribution in [2.24, 2.45) is 0 Å². The standard InChI is InChI=1S/C47H28N4S/c1-3-13-29(14-4-1)45-48-46(30-15-5-2-6-16-30)50-47(49-45)33-23-24-36-38(26-33)42(28-39-35-20-10-12-22-43(35)52-44(36)39)51-40-21-11-9-19-34(40)37-25-31-17-7-8-18-32(31)27-41(37)51/h1-28H. The molecular formula is C47H28N4S. The number of rotatable bonds is 4. The number of para-hydroxylation sites is 1. The maximum absolute atomic E-state index is 5.10. The van der Waals surface area contributed by atoms with Gasteiger partial charge < -0.3 is 4.57 Å². The molecule has 0 radical (unpaired) electrons. The fourth-order valence-corrected chi connectivity index (χ4v) is 8.98. The third-order valence-electron chi connectivity index (χ3n) is 10.2. The van der Waals surface area contributed by atoms with Crippen LogP contribution >= 0.6 is 11.3 Å². The zero-order valence-electron chi connectivity index (χ0n) is 27.9. The van der Waals surface area contributed by atoms with E-state index in [-0.39, 0.29) is 0 Å². The van der Waals surface area contributed by atoms with E-state index in [0.29, 0.717) is 17.5 Å². The quantitative estimate of drug-likeness (QED) is 0.186. The van der Waals surface area contributed by atoms with Gasteiger partial charge in [0.05, 0.1) is 16.7 Å². The second-order valence-corrected chi connectivity index (χ2v) is 14.3. The van der Waals surface area contributed by atoms with Crippen LogP contribution in [0.25, 0.3) is 103 Å². The van der Waals surface area contributed by atoms with Gasteiger partial charge in [-0.1, -0.05) is 133 Å². The van der Waals surface area contributed by atoms with Gasteiger partial charge in [-0.05, 0) is 47.2 Å². The predicted molar refractivity (Wildman–Crippen MR) is 218 cm³/mol. The predicted octanol–water partition coefficient (Wildman–Crippen LogP) is 12.6. The molecule has 11 aromatic rings. The third-order valence-corrected chi connectivity index (χ3v) is 11.4. The molecule has 0 fully saturated rings. The summed E-state index contributed by atoms with van der Waals surface area (Å²) in [5, 5.41) is 9.84. The van der Waals surface area contributed by atoms with Crippen LogP contribution < -0.4 is 0 Å². The number of hydrogen-bond acceptors (Lipinski definition) is 4. The van der Waals surface area contributed by atoms with Crippen molar-refractivity contribution in [1.82, 2.24) is 19.5 Å². The largest absolute Gasteiger partial charge is 0.309 e.